The van der Waals surface area contributed by atoms with Gasteiger partial charge in [-0.15, -0.1) is 0 Å². The molecule has 2 amide bonds. The van der Waals surface area contributed by atoms with Crippen LogP contribution in [0.15, 0.2) is 23.1 Å². The minimum Gasteiger partial charge on any atom is -0.493 e. The first-order valence-corrected chi connectivity index (χ1v) is 11.3. The van der Waals surface area contributed by atoms with Gasteiger partial charge in [0.15, 0.2) is 11.5 Å². The first-order valence-electron chi connectivity index (χ1n) is 10.5. The van der Waals surface area contributed by atoms with Crippen LogP contribution in [0.3, 0.4) is 0 Å². The van der Waals surface area contributed by atoms with Gasteiger partial charge >= 0.3 is 5.97 Å². The molecular weight excluding hydrogens is 402 g/mol. The van der Waals surface area contributed by atoms with E-state index in [1.54, 1.807) is 24.3 Å². The van der Waals surface area contributed by atoms with Crippen molar-refractivity contribution in [1.29, 1.82) is 0 Å². The van der Waals surface area contributed by atoms with E-state index in [4.69, 9.17) is 9.47 Å². The fourth-order valence-corrected chi connectivity index (χ4v) is 6.95. The Hall–Kier alpha value is -2.28. The van der Waals surface area contributed by atoms with Crippen molar-refractivity contribution in [2.45, 2.75) is 38.5 Å². The van der Waals surface area contributed by atoms with Crippen molar-refractivity contribution in [3.8, 4) is 11.5 Å². The number of esters is 1. The highest BCUT2D eigenvalue weighted by Crippen LogP contribution is 2.60. The molecule has 1 heterocycles. The first-order chi connectivity index (χ1) is 14.4. The summed E-state index contributed by atoms with van der Waals surface area (Å²) in [5, 5.41) is -0.292. The van der Waals surface area contributed by atoms with Gasteiger partial charge in [-0.2, -0.15) is 0 Å². The standard InChI is InChI=1S/C23H25NO5S/c1-24-20(25)19(30-22(24)27)9-13-3-4-17(18(8-13)28-2)29-21(26)23-10-14-5-15(11-23)7-16(6-14)12-23/h3-4,8-9,14-16H,5-7,10-12H2,1-2H3/b19-9-. The van der Waals surface area contributed by atoms with Crippen molar-refractivity contribution in [2.24, 2.45) is 23.2 Å². The third kappa shape index (κ3) is 3.23. The number of thioether (sulfide) groups is 1. The van der Waals surface area contributed by atoms with Crippen LogP contribution in [0, 0.1) is 23.2 Å². The van der Waals surface area contributed by atoms with Crippen LogP contribution in [0.1, 0.15) is 44.1 Å². The summed E-state index contributed by atoms with van der Waals surface area (Å²) in [6.07, 6.45) is 8.32. The fourth-order valence-electron chi connectivity index (χ4n) is 6.12. The molecule has 0 atom stereocenters. The molecule has 4 saturated carbocycles. The maximum Gasteiger partial charge on any atom is 0.317 e. The molecule has 0 N–H and O–H groups in total. The average molecular weight is 428 g/mol. The molecular formula is C23H25NO5S. The SMILES string of the molecule is COc1cc(/C=C2\SC(=O)N(C)C2=O)ccc1OC(=O)C12CC3CC(CC(C3)C1)C2. The molecule has 0 aromatic heterocycles. The second kappa shape index (κ2) is 7.15. The molecule has 0 unspecified atom stereocenters. The highest BCUT2D eigenvalue weighted by atomic mass is 32.2. The Balaban J connectivity index is 1.36. The number of hydrogen-bond donors (Lipinski definition) is 0. The van der Waals surface area contributed by atoms with Crippen LogP contribution in [-0.4, -0.2) is 36.2 Å². The van der Waals surface area contributed by atoms with E-state index < -0.39 is 0 Å². The van der Waals surface area contributed by atoms with Crippen LogP contribution in [0.4, 0.5) is 4.79 Å². The van der Waals surface area contributed by atoms with Gasteiger partial charge in [-0.05, 0) is 91.8 Å². The van der Waals surface area contributed by atoms with Crippen molar-refractivity contribution < 1.29 is 23.9 Å². The quantitative estimate of drug-likeness (QED) is 0.401. The summed E-state index contributed by atoms with van der Waals surface area (Å²) in [6.45, 7) is 0. The highest BCUT2D eigenvalue weighted by Gasteiger charge is 2.55. The van der Waals surface area contributed by atoms with E-state index >= 15 is 0 Å². The van der Waals surface area contributed by atoms with E-state index in [0.717, 1.165) is 35.9 Å². The van der Waals surface area contributed by atoms with Crippen LogP contribution < -0.4 is 9.47 Å². The van der Waals surface area contributed by atoms with E-state index in [1.165, 1.54) is 33.4 Å². The largest absolute Gasteiger partial charge is 0.493 e. The summed E-state index contributed by atoms with van der Waals surface area (Å²) in [6, 6.07) is 5.21. The third-order valence-electron chi connectivity index (χ3n) is 7.15. The topological polar surface area (TPSA) is 72.9 Å². The zero-order chi connectivity index (χ0) is 21.0. The summed E-state index contributed by atoms with van der Waals surface area (Å²) in [5.41, 5.74) is 0.374. The Morgan fingerprint density at radius 1 is 1.10 bits per heavy atom. The monoisotopic (exact) mass is 427 g/mol. The van der Waals surface area contributed by atoms with E-state index in [2.05, 4.69) is 0 Å². The smallest absolute Gasteiger partial charge is 0.317 e. The summed E-state index contributed by atoms with van der Waals surface area (Å²) in [5.74, 6) is 2.41. The third-order valence-corrected chi connectivity index (χ3v) is 8.11. The molecule has 0 spiro atoms. The molecule has 0 radical (unpaired) electrons. The molecule has 30 heavy (non-hydrogen) atoms. The molecule has 4 bridgehead atoms. The van der Waals surface area contributed by atoms with Crippen molar-refractivity contribution in [1.82, 2.24) is 4.90 Å². The zero-order valence-electron chi connectivity index (χ0n) is 17.2. The van der Waals surface area contributed by atoms with Crippen molar-refractivity contribution in [3.63, 3.8) is 0 Å². The van der Waals surface area contributed by atoms with Crippen molar-refractivity contribution >= 4 is 35.0 Å². The number of carbonyl (C=O) groups is 3. The lowest BCUT2D eigenvalue weighted by molar-refractivity contribution is -0.161. The Labute approximate surface area is 180 Å². The molecule has 1 aliphatic heterocycles. The molecule has 1 aromatic carbocycles. The second-order valence-electron chi connectivity index (χ2n) is 9.24. The minimum atomic E-state index is -0.335. The number of imide groups is 1. The average Bonchev–Trinajstić information content (AvgIpc) is 2.94. The normalized spacial score (nSPS) is 33.5. The molecule has 158 valence electrons. The lowest BCUT2D eigenvalue weighted by Gasteiger charge is -2.55. The number of carbonyl (C=O) groups excluding carboxylic acids is 3. The number of likely N-dealkylation sites (N-methyl/N-ethyl adjacent to an activating group) is 1. The van der Waals surface area contributed by atoms with Crippen LogP contribution in [0.2, 0.25) is 0 Å². The number of nitrogens with zero attached hydrogens (tertiary/aromatic N) is 1. The van der Waals surface area contributed by atoms with Gasteiger partial charge in [0.25, 0.3) is 11.1 Å². The Kier molecular flexibility index (Phi) is 4.69. The number of amides is 2. The maximum atomic E-state index is 13.2. The predicted molar refractivity (Wildman–Crippen MR) is 113 cm³/mol. The Morgan fingerprint density at radius 3 is 2.27 bits per heavy atom. The van der Waals surface area contributed by atoms with E-state index in [-0.39, 0.29) is 22.5 Å². The summed E-state index contributed by atoms with van der Waals surface area (Å²) in [7, 11) is 2.99. The van der Waals surface area contributed by atoms with Crippen LogP contribution in [-0.2, 0) is 9.59 Å². The van der Waals surface area contributed by atoms with Gasteiger partial charge in [0.2, 0.25) is 0 Å². The first kappa shape index (κ1) is 19.7. The van der Waals surface area contributed by atoms with Crippen LogP contribution in [0.25, 0.3) is 6.08 Å². The molecule has 6 nitrogen and oxygen atoms in total. The number of ether oxygens (including phenoxy) is 2. The van der Waals surface area contributed by atoms with Crippen LogP contribution in [0.5, 0.6) is 11.5 Å². The molecule has 4 aliphatic carbocycles. The Bertz CT molecular complexity index is 933. The van der Waals surface area contributed by atoms with Crippen molar-refractivity contribution in [3.05, 3.63) is 28.7 Å². The number of rotatable bonds is 4. The molecule has 1 saturated heterocycles. The second-order valence-corrected chi connectivity index (χ2v) is 10.2. The van der Waals surface area contributed by atoms with E-state index in [1.807, 2.05) is 0 Å². The molecule has 6 rings (SSSR count). The lowest BCUT2D eigenvalue weighted by Crippen LogP contribution is -2.51. The zero-order valence-corrected chi connectivity index (χ0v) is 18.0. The van der Waals surface area contributed by atoms with Gasteiger partial charge in [0, 0.05) is 7.05 Å². The fraction of sp³-hybridized carbons (Fsp3) is 0.522. The van der Waals surface area contributed by atoms with Gasteiger partial charge < -0.3 is 9.47 Å². The number of hydrogen-bond acceptors (Lipinski definition) is 6. The van der Waals surface area contributed by atoms with Crippen molar-refractivity contribution in [2.75, 3.05) is 14.2 Å². The number of benzene rings is 1. The minimum absolute atomic E-state index is 0.125. The maximum absolute atomic E-state index is 13.2. The summed E-state index contributed by atoms with van der Waals surface area (Å²) in [4.78, 5) is 38.5. The van der Waals surface area contributed by atoms with E-state index in [9.17, 15) is 14.4 Å². The Morgan fingerprint density at radius 2 is 1.73 bits per heavy atom. The molecule has 7 heteroatoms. The summed E-state index contributed by atoms with van der Waals surface area (Å²) >= 11 is 0.909. The molecule has 5 fully saturated rings. The van der Waals surface area contributed by atoms with Gasteiger partial charge in [0.1, 0.15) is 0 Å². The van der Waals surface area contributed by atoms with Crippen LogP contribution >= 0.6 is 11.8 Å². The van der Waals surface area contributed by atoms with Gasteiger partial charge in [-0.1, -0.05) is 6.07 Å². The molecule has 1 aromatic rings. The predicted octanol–water partition coefficient (Wildman–Crippen LogP) is 4.48. The van der Waals surface area contributed by atoms with Gasteiger partial charge in [-0.3, -0.25) is 19.3 Å². The summed E-state index contributed by atoms with van der Waals surface area (Å²) < 4.78 is 11.3. The highest BCUT2D eigenvalue weighted by molar-refractivity contribution is 8.18. The van der Waals surface area contributed by atoms with Gasteiger partial charge in [0.05, 0.1) is 17.4 Å². The van der Waals surface area contributed by atoms with E-state index in [0.29, 0.717) is 39.7 Å². The number of methoxy groups -OCH3 is 1. The molecule has 5 aliphatic rings. The van der Waals surface area contributed by atoms with Gasteiger partial charge in [-0.25, -0.2) is 0 Å². The lowest BCUT2D eigenvalue weighted by atomic mass is 9.49.